The summed E-state index contributed by atoms with van der Waals surface area (Å²) in [5.74, 6) is 0. The highest BCUT2D eigenvalue weighted by atomic mass is 32.1. The van der Waals surface area contributed by atoms with Crippen molar-refractivity contribution in [2.75, 3.05) is 0 Å². The predicted octanol–water partition coefficient (Wildman–Crippen LogP) is 3.75. The minimum absolute atomic E-state index is 0.646. The van der Waals surface area contributed by atoms with Crippen molar-refractivity contribution in [1.29, 1.82) is 0 Å². The Kier molecular flexibility index (Phi) is 2.46. The van der Waals surface area contributed by atoms with Gasteiger partial charge in [-0.15, -0.1) is 0 Å². The molecule has 0 fully saturated rings. The average Bonchev–Trinajstić information content (AvgIpc) is 2.41. The number of nitrogens with zero attached hydrogens (tertiary/aromatic N) is 2. The molecule has 3 heteroatoms. The van der Waals surface area contributed by atoms with Crippen LogP contribution in [0.2, 0.25) is 0 Å². The molecular weight excluding hydrogens is 228 g/mol. The van der Waals surface area contributed by atoms with Crippen LogP contribution < -0.4 is 0 Å². The molecule has 3 aromatic rings. The Morgan fingerprint density at radius 2 is 1.59 bits per heavy atom. The Hall–Kier alpha value is -2.00. The Morgan fingerprint density at radius 3 is 2.41 bits per heavy atom. The lowest BCUT2D eigenvalue weighted by Crippen LogP contribution is -1.98. The molecule has 0 spiro atoms. The van der Waals surface area contributed by atoms with Gasteiger partial charge in [-0.25, -0.2) is 4.98 Å². The maximum atomic E-state index is 5.24. The first-order valence-corrected chi connectivity index (χ1v) is 5.79. The lowest BCUT2D eigenvalue weighted by molar-refractivity contribution is 1.03. The molecule has 0 aliphatic heterocycles. The lowest BCUT2D eigenvalue weighted by Gasteiger charge is -2.09. The average molecular weight is 238 g/mol. The third kappa shape index (κ3) is 1.74. The van der Waals surface area contributed by atoms with Crippen molar-refractivity contribution in [3.8, 4) is 5.69 Å². The Morgan fingerprint density at radius 1 is 0.882 bits per heavy atom. The van der Waals surface area contributed by atoms with Crippen LogP contribution in [0.5, 0.6) is 0 Å². The van der Waals surface area contributed by atoms with E-state index in [2.05, 4.69) is 23.2 Å². The fourth-order valence-corrected chi connectivity index (χ4v) is 2.12. The number of aromatic nitrogens is 2. The zero-order chi connectivity index (χ0) is 11.7. The van der Waals surface area contributed by atoms with Crippen LogP contribution in [-0.4, -0.2) is 9.55 Å². The summed E-state index contributed by atoms with van der Waals surface area (Å²) in [6.07, 6.45) is 1.78. The molecule has 17 heavy (non-hydrogen) atoms. The number of hydrogen-bond acceptors (Lipinski definition) is 2. The summed E-state index contributed by atoms with van der Waals surface area (Å²) in [4.78, 5) is 4.26. The highest BCUT2D eigenvalue weighted by Crippen LogP contribution is 2.17. The zero-order valence-electron chi connectivity index (χ0n) is 9.08. The van der Waals surface area contributed by atoms with E-state index in [-0.39, 0.29) is 0 Å². The van der Waals surface area contributed by atoms with Gasteiger partial charge in [-0.05, 0) is 24.3 Å². The summed E-state index contributed by atoms with van der Waals surface area (Å²) >= 11 is 5.24. The van der Waals surface area contributed by atoms with E-state index in [1.165, 1.54) is 0 Å². The normalized spacial score (nSPS) is 10.6. The number of hydrogen-bond donors (Lipinski definition) is 0. The van der Waals surface area contributed by atoms with Crippen molar-refractivity contribution in [1.82, 2.24) is 9.55 Å². The Bertz CT molecular complexity index is 717. The van der Waals surface area contributed by atoms with E-state index in [1.54, 1.807) is 6.33 Å². The highest BCUT2D eigenvalue weighted by Gasteiger charge is 2.01. The van der Waals surface area contributed by atoms with Crippen LogP contribution in [0.1, 0.15) is 0 Å². The van der Waals surface area contributed by atoms with Gasteiger partial charge in [0.2, 0.25) is 0 Å². The molecular formula is C14H10N2S. The minimum Gasteiger partial charge on any atom is -0.300 e. The summed E-state index contributed by atoms with van der Waals surface area (Å²) < 4.78 is 2.69. The van der Waals surface area contributed by atoms with Gasteiger partial charge < -0.3 is 4.57 Å². The molecule has 0 saturated heterocycles. The molecule has 2 aromatic carbocycles. The van der Waals surface area contributed by atoms with Gasteiger partial charge in [-0.1, -0.05) is 42.5 Å². The third-order valence-electron chi connectivity index (χ3n) is 2.72. The monoisotopic (exact) mass is 238 g/mol. The van der Waals surface area contributed by atoms with Gasteiger partial charge in [-0.2, -0.15) is 0 Å². The SMILES string of the molecule is S=c1ncn(-c2ccccc2)c2ccccc12. The van der Waals surface area contributed by atoms with Crippen molar-refractivity contribution in [3.05, 3.63) is 65.6 Å². The van der Waals surface area contributed by atoms with Gasteiger partial charge in [0.1, 0.15) is 11.0 Å². The van der Waals surface area contributed by atoms with E-state index in [4.69, 9.17) is 12.2 Å². The molecule has 0 bridgehead atoms. The van der Waals surface area contributed by atoms with Crippen molar-refractivity contribution in [3.63, 3.8) is 0 Å². The maximum Gasteiger partial charge on any atom is 0.137 e. The Labute approximate surface area is 104 Å². The molecule has 2 nitrogen and oxygen atoms in total. The largest absolute Gasteiger partial charge is 0.300 e. The van der Waals surface area contributed by atoms with E-state index in [0.717, 1.165) is 16.6 Å². The first kappa shape index (κ1) is 10.2. The molecule has 0 aliphatic carbocycles. The molecule has 1 aromatic heterocycles. The van der Waals surface area contributed by atoms with Crippen LogP contribution in [-0.2, 0) is 0 Å². The summed E-state index contributed by atoms with van der Waals surface area (Å²) in [5.41, 5.74) is 2.17. The molecule has 3 rings (SSSR count). The molecule has 0 atom stereocenters. The first-order chi connectivity index (χ1) is 8.36. The van der Waals surface area contributed by atoms with E-state index < -0.39 is 0 Å². The van der Waals surface area contributed by atoms with Crippen LogP contribution in [0.15, 0.2) is 60.9 Å². The van der Waals surface area contributed by atoms with Gasteiger partial charge in [0, 0.05) is 11.1 Å². The highest BCUT2D eigenvalue weighted by molar-refractivity contribution is 7.71. The van der Waals surface area contributed by atoms with Gasteiger partial charge in [0.25, 0.3) is 0 Å². The maximum absolute atomic E-state index is 5.24. The van der Waals surface area contributed by atoms with E-state index in [9.17, 15) is 0 Å². The third-order valence-corrected chi connectivity index (χ3v) is 3.04. The van der Waals surface area contributed by atoms with Crippen molar-refractivity contribution in [2.45, 2.75) is 0 Å². The summed E-state index contributed by atoms with van der Waals surface area (Å²) in [6.45, 7) is 0. The molecule has 0 unspecified atom stereocenters. The van der Waals surface area contributed by atoms with Crippen LogP contribution in [0.4, 0.5) is 0 Å². The van der Waals surface area contributed by atoms with Crippen molar-refractivity contribution in [2.24, 2.45) is 0 Å². The Balaban J connectivity index is 2.39. The van der Waals surface area contributed by atoms with Crippen molar-refractivity contribution < 1.29 is 0 Å². The molecule has 0 radical (unpaired) electrons. The molecule has 0 N–H and O–H groups in total. The van der Waals surface area contributed by atoms with E-state index in [1.807, 2.05) is 41.0 Å². The van der Waals surface area contributed by atoms with Crippen molar-refractivity contribution >= 4 is 23.1 Å². The minimum atomic E-state index is 0.646. The number of para-hydroxylation sites is 2. The molecule has 1 heterocycles. The standard InChI is InChI=1S/C14H10N2S/c17-14-12-8-4-5-9-13(12)16(10-15-14)11-6-2-1-3-7-11/h1-10H. The summed E-state index contributed by atoms with van der Waals surface area (Å²) in [7, 11) is 0. The van der Waals surface area contributed by atoms with Crippen LogP contribution in [0.3, 0.4) is 0 Å². The second-order valence-electron chi connectivity index (χ2n) is 3.77. The van der Waals surface area contributed by atoms with E-state index >= 15 is 0 Å². The second kappa shape index (κ2) is 4.11. The zero-order valence-corrected chi connectivity index (χ0v) is 9.89. The number of rotatable bonds is 1. The first-order valence-electron chi connectivity index (χ1n) is 5.38. The van der Waals surface area contributed by atoms with E-state index in [0.29, 0.717) is 4.64 Å². The quantitative estimate of drug-likeness (QED) is 0.601. The molecule has 0 saturated carbocycles. The fourth-order valence-electron chi connectivity index (χ4n) is 1.90. The van der Waals surface area contributed by atoms with Gasteiger partial charge in [-0.3, -0.25) is 0 Å². The second-order valence-corrected chi connectivity index (χ2v) is 4.16. The smallest absolute Gasteiger partial charge is 0.137 e. The number of fused-ring (bicyclic) bond motifs is 1. The predicted molar refractivity (Wildman–Crippen MR) is 71.9 cm³/mol. The van der Waals surface area contributed by atoms with Crippen LogP contribution in [0.25, 0.3) is 16.6 Å². The molecule has 0 amide bonds. The number of benzene rings is 2. The fraction of sp³-hybridized carbons (Fsp3) is 0. The van der Waals surface area contributed by atoms with Crippen LogP contribution in [0, 0.1) is 4.64 Å². The van der Waals surface area contributed by atoms with Gasteiger partial charge in [0.15, 0.2) is 0 Å². The molecule has 0 aliphatic rings. The summed E-state index contributed by atoms with van der Waals surface area (Å²) in [6, 6.07) is 18.2. The van der Waals surface area contributed by atoms with Gasteiger partial charge >= 0.3 is 0 Å². The molecule has 82 valence electrons. The topological polar surface area (TPSA) is 17.8 Å². The van der Waals surface area contributed by atoms with Gasteiger partial charge in [0.05, 0.1) is 5.52 Å². The van der Waals surface area contributed by atoms with Crippen LogP contribution >= 0.6 is 12.2 Å². The lowest BCUT2D eigenvalue weighted by atomic mass is 10.2. The summed E-state index contributed by atoms with van der Waals surface area (Å²) in [5, 5.41) is 1.01.